The fourth-order valence-electron chi connectivity index (χ4n) is 1.69. The summed E-state index contributed by atoms with van der Waals surface area (Å²) in [5.74, 6) is -0.891. The van der Waals surface area contributed by atoms with Crippen molar-refractivity contribution in [3.05, 3.63) is 39.4 Å². The van der Waals surface area contributed by atoms with Crippen LogP contribution in [-0.4, -0.2) is 41.9 Å². The van der Waals surface area contributed by atoms with Crippen LogP contribution in [0.4, 0.5) is 5.69 Å². The van der Waals surface area contributed by atoms with Gasteiger partial charge in [-0.25, -0.2) is 0 Å². The molecule has 1 rings (SSSR count). The second-order valence-corrected chi connectivity index (χ2v) is 4.22. The van der Waals surface area contributed by atoms with E-state index in [9.17, 15) is 19.7 Å². The molecule has 0 bridgehead atoms. The summed E-state index contributed by atoms with van der Waals surface area (Å²) in [4.78, 5) is 34.8. The first-order valence-electron chi connectivity index (χ1n) is 6.03. The van der Waals surface area contributed by atoms with Crippen LogP contribution in [0.15, 0.2) is 18.2 Å². The minimum absolute atomic E-state index is 0.0467. The number of esters is 1. The van der Waals surface area contributed by atoms with Gasteiger partial charge in [-0.2, -0.15) is 0 Å². The SMILES string of the molecule is CCOC(=O)CN(C)C(=O)c1ccc([N+](=O)[O-])c(C)c1. The summed E-state index contributed by atoms with van der Waals surface area (Å²) < 4.78 is 4.75. The fraction of sp³-hybridized carbons (Fsp3) is 0.385. The van der Waals surface area contributed by atoms with Gasteiger partial charge in [0.2, 0.25) is 0 Å². The lowest BCUT2D eigenvalue weighted by Crippen LogP contribution is -2.33. The second kappa shape index (κ2) is 6.65. The van der Waals surface area contributed by atoms with Gasteiger partial charge in [-0.05, 0) is 26.0 Å². The van der Waals surface area contributed by atoms with Gasteiger partial charge in [0.15, 0.2) is 0 Å². The Balaban J connectivity index is 2.84. The highest BCUT2D eigenvalue weighted by molar-refractivity contribution is 5.96. The van der Waals surface area contributed by atoms with Crippen LogP contribution in [0.25, 0.3) is 0 Å². The summed E-state index contributed by atoms with van der Waals surface area (Å²) in [6, 6.07) is 4.08. The van der Waals surface area contributed by atoms with Crippen LogP contribution in [0.5, 0.6) is 0 Å². The molecule has 0 aromatic heterocycles. The molecule has 108 valence electrons. The van der Waals surface area contributed by atoms with Crippen molar-refractivity contribution >= 4 is 17.6 Å². The molecular weight excluding hydrogens is 264 g/mol. The summed E-state index contributed by atoms with van der Waals surface area (Å²) in [6.07, 6.45) is 0. The standard InChI is InChI=1S/C13H16N2O5/c1-4-20-12(16)8-14(3)13(17)10-5-6-11(15(18)19)9(2)7-10/h5-7H,4,8H2,1-3H3. The van der Waals surface area contributed by atoms with E-state index in [2.05, 4.69) is 0 Å². The summed E-state index contributed by atoms with van der Waals surface area (Å²) in [6.45, 7) is 3.32. The van der Waals surface area contributed by atoms with E-state index in [4.69, 9.17) is 4.74 Å². The molecule has 0 aliphatic carbocycles. The first kappa shape index (κ1) is 15.6. The molecule has 0 atom stereocenters. The quantitative estimate of drug-likeness (QED) is 0.463. The topological polar surface area (TPSA) is 89.8 Å². The van der Waals surface area contributed by atoms with Gasteiger partial charge >= 0.3 is 5.97 Å². The first-order chi connectivity index (χ1) is 9.36. The zero-order valence-corrected chi connectivity index (χ0v) is 11.6. The molecule has 1 amide bonds. The van der Waals surface area contributed by atoms with Gasteiger partial charge in [0, 0.05) is 24.2 Å². The van der Waals surface area contributed by atoms with Crippen LogP contribution in [0.3, 0.4) is 0 Å². The maximum Gasteiger partial charge on any atom is 0.325 e. The number of nitro groups is 1. The molecule has 0 fully saturated rings. The average Bonchev–Trinajstić information content (AvgIpc) is 2.37. The number of amides is 1. The number of rotatable bonds is 5. The fourth-order valence-corrected chi connectivity index (χ4v) is 1.69. The Morgan fingerprint density at radius 1 is 1.40 bits per heavy atom. The molecule has 0 unspecified atom stereocenters. The van der Waals surface area contributed by atoms with E-state index in [0.29, 0.717) is 11.1 Å². The molecule has 0 N–H and O–H groups in total. The van der Waals surface area contributed by atoms with E-state index in [1.54, 1.807) is 13.8 Å². The third-order valence-corrected chi connectivity index (χ3v) is 2.66. The van der Waals surface area contributed by atoms with Gasteiger partial charge in [-0.15, -0.1) is 0 Å². The van der Waals surface area contributed by atoms with Crippen molar-refractivity contribution in [1.82, 2.24) is 4.90 Å². The van der Waals surface area contributed by atoms with Crippen molar-refractivity contribution in [2.24, 2.45) is 0 Å². The van der Waals surface area contributed by atoms with Crippen LogP contribution < -0.4 is 0 Å². The predicted octanol–water partition coefficient (Wildman–Crippen LogP) is 1.54. The van der Waals surface area contributed by atoms with Crippen LogP contribution in [-0.2, 0) is 9.53 Å². The average molecular weight is 280 g/mol. The maximum atomic E-state index is 12.1. The molecule has 0 radical (unpaired) electrons. The molecule has 7 heteroatoms. The molecule has 1 aromatic rings. The van der Waals surface area contributed by atoms with E-state index < -0.39 is 16.8 Å². The van der Waals surface area contributed by atoms with Crippen molar-refractivity contribution in [2.75, 3.05) is 20.2 Å². The summed E-state index contributed by atoms with van der Waals surface area (Å²) in [5, 5.41) is 10.7. The molecule has 0 saturated carbocycles. The van der Waals surface area contributed by atoms with Gasteiger partial charge in [0.05, 0.1) is 11.5 Å². The Labute approximate surface area is 116 Å². The number of likely N-dealkylation sites (N-methyl/N-ethyl adjacent to an activating group) is 1. The van der Waals surface area contributed by atoms with Crippen molar-refractivity contribution < 1.29 is 19.2 Å². The van der Waals surface area contributed by atoms with E-state index in [1.807, 2.05) is 0 Å². The van der Waals surface area contributed by atoms with Crippen LogP contribution >= 0.6 is 0 Å². The summed E-state index contributed by atoms with van der Waals surface area (Å²) >= 11 is 0. The van der Waals surface area contributed by atoms with Gasteiger partial charge in [-0.3, -0.25) is 19.7 Å². The molecule has 0 aliphatic rings. The van der Waals surface area contributed by atoms with Crippen LogP contribution in [0.2, 0.25) is 0 Å². The summed E-state index contributed by atoms with van der Waals surface area (Å²) in [5.41, 5.74) is 0.639. The maximum absolute atomic E-state index is 12.1. The Bertz CT molecular complexity index is 542. The Morgan fingerprint density at radius 2 is 2.05 bits per heavy atom. The van der Waals surface area contributed by atoms with Gasteiger partial charge in [-0.1, -0.05) is 0 Å². The molecule has 0 spiro atoms. The van der Waals surface area contributed by atoms with Crippen molar-refractivity contribution in [1.29, 1.82) is 0 Å². The lowest BCUT2D eigenvalue weighted by atomic mass is 10.1. The molecule has 20 heavy (non-hydrogen) atoms. The normalized spacial score (nSPS) is 9.95. The monoisotopic (exact) mass is 280 g/mol. The molecule has 0 heterocycles. The Morgan fingerprint density at radius 3 is 2.55 bits per heavy atom. The highest BCUT2D eigenvalue weighted by Crippen LogP contribution is 2.19. The smallest absolute Gasteiger partial charge is 0.325 e. The number of hydrogen-bond acceptors (Lipinski definition) is 5. The largest absolute Gasteiger partial charge is 0.465 e. The predicted molar refractivity (Wildman–Crippen MR) is 71.4 cm³/mol. The molecular formula is C13H16N2O5. The van der Waals surface area contributed by atoms with Gasteiger partial charge in [0.25, 0.3) is 11.6 Å². The molecule has 0 saturated heterocycles. The van der Waals surface area contributed by atoms with Crippen LogP contribution in [0.1, 0.15) is 22.8 Å². The van der Waals surface area contributed by atoms with Gasteiger partial charge < -0.3 is 9.64 Å². The Kier molecular flexibility index (Phi) is 5.19. The lowest BCUT2D eigenvalue weighted by molar-refractivity contribution is -0.385. The number of nitro benzene ring substituents is 1. The van der Waals surface area contributed by atoms with Crippen molar-refractivity contribution in [2.45, 2.75) is 13.8 Å². The van der Waals surface area contributed by atoms with Crippen molar-refractivity contribution in [3.8, 4) is 0 Å². The minimum Gasteiger partial charge on any atom is -0.465 e. The number of nitrogens with zero attached hydrogens (tertiary/aromatic N) is 2. The van der Waals surface area contributed by atoms with E-state index >= 15 is 0 Å². The third-order valence-electron chi connectivity index (χ3n) is 2.66. The van der Waals surface area contributed by atoms with E-state index in [0.717, 1.165) is 0 Å². The highest BCUT2D eigenvalue weighted by atomic mass is 16.6. The molecule has 0 aliphatic heterocycles. The number of ether oxygens (including phenoxy) is 1. The van der Waals surface area contributed by atoms with Crippen LogP contribution in [0, 0.1) is 17.0 Å². The van der Waals surface area contributed by atoms with Crippen molar-refractivity contribution in [3.63, 3.8) is 0 Å². The zero-order valence-electron chi connectivity index (χ0n) is 11.6. The number of hydrogen-bond donors (Lipinski definition) is 0. The second-order valence-electron chi connectivity index (χ2n) is 4.22. The minimum atomic E-state index is -0.508. The third kappa shape index (κ3) is 3.78. The Hall–Kier alpha value is -2.44. The van der Waals surface area contributed by atoms with Gasteiger partial charge in [0.1, 0.15) is 6.54 Å². The number of carbonyl (C=O) groups excluding carboxylic acids is 2. The number of carbonyl (C=O) groups is 2. The molecule has 7 nitrogen and oxygen atoms in total. The number of benzene rings is 1. The lowest BCUT2D eigenvalue weighted by Gasteiger charge is -2.16. The zero-order chi connectivity index (χ0) is 15.3. The molecule has 1 aromatic carbocycles. The summed E-state index contributed by atoms with van der Waals surface area (Å²) in [7, 11) is 1.47. The highest BCUT2D eigenvalue weighted by Gasteiger charge is 2.18. The number of aryl methyl sites for hydroxylation is 1. The van der Waals surface area contributed by atoms with E-state index in [1.165, 1.54) is 30.1 Å². The first-order valence-corrected chi connectivity index (χ1v) is 6.03. The van der Waals surface area contributed by atoms with E-state index in [-0.39, 0.29) is 18.8 Å².